The van der Waals surface area contributed by atoms with Crippen molar-refractivity contribution < 1.29 is 14.7 Å². The third-order valence-electron chi connectivity index (χ3n) is 4.30. The number of hydrogen-bond acceptors (Lipinski definition) is 2. The van der Waals surface area contributed by atoms with Crippen molar-refractivity contribution in [3.8, 4) is 0 Å². The number of nitrogens with zero attached hydrogens (tertiary/aromatic N) is 1. The number of carboxylic acids is 1. The average Bonchev–Trinajstić information content (AvgIpc) is 2.88. The lowest BCUT2D eigenvalue weighted by Crippen LogP contribution is -2.35. The predicted octanol–water partition coefficient (Wildman–Crippen LogP) is 3.30. The molecule has 0 spiro atoms. The van der Waals surface area contributed by atoms with Gasteiger partial charge < -0.3 is 10.0 Å². The van der Waals surface area contributed by atoms with Gasteiger partial charge in [0.15, 0.2) is 0 Å². The Bertz CT molecular complexity index is 737. The van der Waals surface area contributed by atoms with Crippen molar-refractivity contribution in [2.75, 3.05) is 4.90 Å². The van der Waals surface area contributed by atoms with Crippen molar-refractivity contribution in [3.05, 3.63) is 65.2 Å². The first-order valence-electron chi connectivity index (χ1n) is 7.78. The van der Waals surface area contributed by atoms with Crippen LogP contribution in [0.25, 0.3) is 0 Å². The minimum atomic E-state index is -0.935. The zero-order valence-corrected chi connectivity index (χ0v) is 13.0. The Hall–Kier alpha value is -2.62. The highest BCUT2D eigenvalue weighted by Crippen LogP contribution is 2.32. The van der Waals surface area contributed by atoms with Gasteiger partial charge in [0.05, 0.1) is 5.56 Å². The van der Waals surface area contributed by atoms with Crippen LogP contribution >= 0.6 is 0 Å². The van der Waals surface area contributed by atoms with Gasteiger partial charge in [-0.15, -0.1) is 0 Å². The molecular formula is C19H19NO3. The molecule has 0 saturated carbocycles. The SMILES string of the molecule is CC1Cc2ccccc2N1C(=O)CCc1ccc(C(=O)O)cc1. The molecule has 1 heterocycles. The molecular weight excluding hydrogens is 290 g/mol. The summed E-state index contributed by atoms with van der Waals surface area (Å²) < 4.78 is 0. The molecule has 1 amide bonds. The quantitative estimate of drug-likeness (QED) is 0.943. The van der Waals surface area contributed by atoms with Gasteiger partial charge in [0.2, 0.25) is 5.91 Å². The Balaban J connectivity index is 1.67. The largest absolute Gasteiger partial charge is 0.478 e. The normalized spacial score (nSPS) is 16.2. The number of carboxylic acid groups (broad SMARTS) is 1. The zero-order chi connectivity index (χ0) is 16.4. The lowest BCUT2D eigenvalue weighted by molar-refractivity contribution is -0.118. The summed E-state index contributed by atoms with van der Waals surface area (Å²) in [6, 6.07) is 14.9. The van der Waals surface area contributed by atoms with Gasteiger partial charge in [-0.05, 0) is 49.1 Å². The molecule has 2 aromatic carbocycles. The average molecular weight is 309 g/mol. The van der Waals surface area contributed by atoms with Crippen LogP contribution in [0.15, 0.2) is 48.5 Å². The second-order valence-corrected chi connectivity index (χ2v) is 5.95. The molecule has 118 valence electrons. The molecule has 1 aliphatic heterocycles. The highest BCUT2D eigenvalue weighted by atomic mass is 16.4. The third-order valence-corrected chi connectivity index (χ3v) is 4.30. The van der Waals surface area contributed by atoms with E-state index in [1.807, 2.05) is 23.1 Å². The maximum atomic E-state index is 12.6. The lowest BCUT2D eigenvalue weighted by atomic mass is 10.1. The number of aryl methyl sites for hydroxylation is 1. The summed E-state index contributed by atoms with van der Waals surface area (Å²) in [7, 11) is 0. The number of amides is 1. The number of aromatic carboxylic acids is 1. The Kier molecular flexibility index (Phi) is 4.15. The number of carbonyl (C=O) groups is 2. The van der Waals surface area contributed by atoms with Crippen LogP contribution in [-0.4, -0.2) is 23.0 Å². The van der Waals surface area contributed by atoms with E-state index in [0.29, 0.717) is 12.8 Å². The van der Waals surface area contributed by atoms with Crippen LogP contribution in [0.5, 0.6) is 0 Å². The fourth-order valence-corrected chi connectivity index (χ4v) is 3.13. The molecule has 0 fully saturated rings. The van der Waals surface area contributed by atoms with Crippen molar-refractivity contribution in [2.24, 2.45) is 0 Å². The minimum Gasteiger partial charge on any atom is -0.478 e. The van der Waals surface area contributed by atoms with Gasteiger partial charge in [-0.3, -0.25) is 4.79 Å². The highest BCUT2D eigenvalue weighted by Gasteiger charge is 2.29. The van der Waals surface area contributed by atoms with E-state index in [0.717, 1.165) is 17.7 Å². The van der Waals surface area contributed by atoms with Gasteiger partial charge in [-0.25, -0.2) is 4.79 Å². The maximum absolute atomic E-state index is 12.6. The van der Waals surface area contributed by atoms with Crippen LogP contribution in [0.3, 0.4) is 0 Å². The van der Waals surface area contributed by atoms with E-state index in [9.17, 15) is 9.59 Å². The van der Waals surface area contributed by atoms with Gasteiger partial charge in [0, 0.05) is 18.2 Å². The Labute approximate surface area is 135 Å². The number of anilines is 1. The number of rotatable bonds is 4. The monoisotopic (exact) mass is 309 g/mol. The summed E-state index contributed by atoms with van der Waals surface area (Å²) in [6.45, 7) is 2.07. The lowest BCUT2D eigenvalue weighted by Gasteiger charge is -2.22. The van der Waals surface area contributed by atoms with E-state index in [-0.39, 0.29) is 17.5 Å². The van der Waals surface area contributed by atoms with Gasteiger partial charge >= 0.3 is 5.97 Å². The second-order valence-electron chi connectivity index (χ2n) is 5.95. The van der Waals surface area contributed by atoms with Crippen LogP contribution in [0.4, 0.5) is 5.69 Å². The van der Waals surface area contributed by atoms with Gasteiger partial charge in [0.25, 0.3) is 0 Å². The first-order chi connectivity index (χ1) is 11.1. The topological polar surface area (TPSA) is 57.6 Å². The summed E-state index contributed by atoms with van der Waals surface area (Å²) in [4.78, 5) is 25.3. The van der Waals surface area contributed by atoms with Crippen LogP contribution in [0.2, 0.25) is 0 Å². The Morgan fingerprint density at radius 2 is 1.83 bits per heavy atom. The third kappa shape index (κ3) is 3.11. The van der Waals surface area contributed by atoms with Gasteiger partial charge in [0.1, 0.15) is 0 Å². The molecule has 0 aliphatic carbocycles. The van der Waals surface area contributed by atoms with E-state index in [4.69, 9.17) is 5.11 Å². The first-order valence-corrected chi connectivity index (χ1v) is 7.78. The summed E-state index contributed by atoms with van der Waals surface area (Å²) in [5.74, 6) is -0.820. The molecule has 0 bridgehead atoms. The molecule has 4 nitrogen and oxygen atoms in total. The zero-order valence-electron chi connectivity index (χ0n) is 13.0. The van der Waals surface area contributed by atoms with Crippen molar-refractivity contribution >= 4 is 17.6 Å². The molecule has 3 rings (SSSR count). The van der Waals surface area contributed by atoms with Crippen molar-refractivity contribution in [2.45, 2.75) is 32.2 Å². The van der Waals surface area contributed by atoms with Crippen molar-refractivity contribution in [3.63, 3.8) is 0 Å². The van der Waals surface area contributed by atoms with Crippen LogP contribution in [0, 0.1) is 0 Å². The molecule has 0 saturated heterocycles. The number of carbonyl (C=O) groups excluding carboxylic acids is 1. The maximum Gasteiger partial charge on any atom is 0.335 e. The molecule has 1 atom stereocenters. The summed E-state index contributed by atoms with van der Waals surface area (Å²) in [5.41, 5.74) is 3.48. The summed E-state index contributed by atoms with van der Waals surface area (Å²) >= 11 is 0. The number of hydrogen-bond donors (Lipinski definition) is 1. The van der Waals surface area contributed by atoms with Crippen molar-refractivity contribution in [1.29, 1.82) is 0 Å². The Morgan fingerprint density at radius 1 is 1.13 bits per heavy atom. The number of fused-ring (bicyclic) bond motifs is 1. The molecule has 0 radical (unpaired) electrons. The van der Waals surface area contributed by atoms with Gasteiger partial charge in [-0.2, -0.15) is 0 Å². The van der Waals surface area contributed by atoms with Crippen molar-refractivity contribution in [1.82, 2.24) is 0 Å². The van der Waals surface area contributed by atoms with Gasteiger partial charge in [-0.1, -0.05) is 30.3 Å². The molecule has 1 unspecified atom stereocenters. The minimum absolute atomic E-state index is 0.116. The number of benzene rings is 2. The first kappa shape index (κ1) is 15.3. The number of para-hydroxylation sites is 1. The van der Waals surface area contributed by atoms with E-state index in [2.05, 4.69) is 13.0 Å². The fraction of sp³-hybridized carbons (Fsp3) is 0.263. The van der Waals surface area contributed by atoms with E-state index < -0.39 is 5.97 Å². The summed E-state index contributed by atoms with van der Waals surface area (Å²) in [6.07, 6.45) is 1.93. The second kappa shape index (κ2) is 6.24. The van der Waals surface area contributed by atoms with E-state index in [1.54, 1.807) is 24.3 Å². The fourth-order valence-electron chi connectivity index (χ4n) is 3.13. The smallest absolute Gasteiger partial charge is 0.335 e. The molecule has 0 aromatic heterocycles. The van der Waals surface area contributed by atoms with Crippen LogP contribution in [-0.2, 0) is 17.6 Å². The molecule has 1 N–H and O–H groups in total. The Morgan fingerprint density at radius 3 is 2.52 bits per heavy atom. The summed E-state index contributed by atoms with van der Waals surface area (Å²) in [5, 5.41) is 8.90. The van der Waals surface area contributed by atoms with Crippen LogP contribution in [0.1, 0.15) is 34.8 Å². The highest BCUT2D eigenvalue weighted by molar-refractivity contribution is 5.96. The predicted molar refractivity (Wildman–Crippen MR) is 88.8 cm³/mol. The van der Waals surface area contributed by atoms with E-state index >= 15 is 0 Å². The van der Waals surface area contributed by atoms with Crippen LogP contribution < -0.4 is 4.90 Å². The molecule has 4 heteroatoms. The molecule has 2 aromatic rings. The van der Waals surface area contributed by atoms with E-state index in [1.165, 1.54) is 5.56 Å². The standard InChI is InChI=1S/C19H19NO3/c1-13-12-16-4-2-3-5-17(16)20(13)18(21)11-8-14-6-9-15(10-7-14)19(22)23/h2-7,9-10,13H,8,11-12H2,1H3,(H,22,23). The molecule has 1 aliphatic rings. The molecule has 23 heavy (non-hydrogen) atoms.